The minimum Gasteiger partial charge on any atom is -0.399 e. The van der Waals surface area contributed by atoms with Gasteiger partial charge in [0.05, 0.1) is 6.21 Å². The highest BCUT2D eigenvalue weighted by molar-refractivity contribution is 5.70. The van der Waals surface area contributed by atoms with Crippen molar-refractivity contribution >= 4 is 6.21 Å². The second-order valence-electron chi connectivity index (χ2n) is 1.86. The highest BCUT2D eigenvalue weighted by Crippen LogP contribution is 1.93. The Kier molecular flexibility index (Phi) is 7.56. The second kappa shape index (κ2) is 8.21. The molecule has 2 nitrogen and oxygen atoms in total. The van der Waals surface area contributed by atoms with Crippen LogP contribution >= 0.6 is 0 Å². The van der Waals surface area contributed by atoms with E-state index in [-0.39, 0.29) is 0 Å². The number of hydrogen-bond acceptors (Lipinski definition) is 2. The lowest BCUT2D eigenvalue weighted by Gasteiger charge is -1.85. The van der Waals surface area contributed by atoms with Crippen LogP contribution in [0.1, 0.15) is 19.3 Å². The molecule has 0 N–H and O–H groups in total. The van der Waals surface area contributed by atoms with E-state index in [2.05, 4.69) is 16.9 Å². The Hall–Kier alpha value is -0.790. The SMILES string of the molecule is [CH2]CCCC=CC=NOC. The molecule has 0 aromatic carbocycles. The van der Waals surface area contributed by atoms with Crippen LogP contribution in [0.15, 0.2) is 17.3 Å². The van der Waals surface area contributed by atoms with E-state index in [4.69, 9.17) is 0 Å². The van der Waals surface area contributed by atoms with E-state index in [1.807, 2.05) is 12.2 Å². The molecular formula is C8H14NO. The van der Waals surface area contributed by atoms with Gasteiger partial charge in [0.1, 0.15) is 7.11 Å². The van der Waals surface area contributed by atoms with Gasteiger partial charge in [-0.1, -0.05) is 24.6 Å². The van der Waals surface area contributed by atoms with E-state index in [1.54, 1.807) is 6.21 Å². The smallest absolute Gasteiger partial charge is 0.106 e. The first kappa shape index (κ1) is 9.21. The van der Waals surface area contributed by atoms with Crippen molar-refractivity contribution in [3.05, 3.63) is 19.1 Å². The monoisotopic (exact) mass is 140 g/mol. The predicted octanol–water partition coefficient (Wildman–Crippen LogP) is 2.18. The van der Waals surface area contributed by atoms with Crippen molar-refractivity contribution in [3.8, 4) is 0 Å². The second-order valence-corrected chi connectivity index (χ2v) is 1.86. The van der Waals surface area contributed by atoms with E-state index in [1.165, 1.54) is 7.11 Å². The molecular weight excluding hydrogens is 126 g/mol. The summed E-state index contributed by atoms with van der Waals surface area (Å²) in [6.07, 6.45) is 8.75. The Morgan fingerprint density at radius 3 is 3.00 bits per heavy atom. The third-order valence-electron chi connectivity index (χ3n) is 1.01. The number of unbranched alkanes of at least 4 members (excludes halogenated alkanes) is 2. The van der Waals surface area contributed by atoms with Gasteiger partial charge < -0.3 is 4.84 Å². The quantitative estimate of drug-likeness (QED) is 0.326. The zero-order valence-corrected chi connectivity index (χ0v) is 6.42. The van der Waals surface area contributed by atoms with E-state index in [0.717, 1.165) is 19.3 Å². The van der Waals surface area contributed by atoms with Gasteiger partial charge in [-0.25, -0.2) is 0 Å². The van der Waals surface area contributed by atoms with E-state index >= 15 is 0 Å². The molecule has 0 aromatic heterocycles. The van der Waals surface area contributed by atoms with Crippen molar-refractivity contribution in [3.63, 3.8) is 0 Å². The van der Waals surface area contributed by atoms with Gasteiger partial charge in [-0.2, -0.15) is 0 Å². The minimum atomic E-state index is 0.992. The Morgan fingerprint density at radius 2 is 2.40 bits per heavy atom. The highest BCUT2D eigenvalue weighted by Gasteiger charge is 1.75. The van der Waals surface area contributed by atoms with Gasteiger partial charge in [0.15, 0.2) is 0 Å². The predicted molar refractivity (Wildman–Crippen MR) is 43.8 cm³/mol. The van der Waals surface area contributed by atoms with Crippen LogP contribution in [0.2, 0.25) is 0 Å². The maximum Gasteiger partial charge on any atom is 0.106 e. The lowest BCUT2D eigenvalue weighted by molar-refractivity contribution is 0.215. The van der Waals surface area contributed by atoms with Gasteiger partial charge in [-0.05, 0) is 18.9 Å². The summed E-state index contributed by atoms with van der Waals surface area (Å²) in [5.74, 6) is 0. The number of oxime groups is 1. The zero-order valence-electron chi connectivity index (χ0n) is 6.42. The van der Waals surface area contributed by atoms with Crippen molar-refractivity contribution in [2.45, 2.75) is 19.3 Å². The summed E-state index contributed by atoms with van der Waals surface area (Å²) in [6, 6.07) is 0. The highest BCUT2D eigenvalue weighted by atomic mass is 16.6. The molecule has 1 radical (unpaired) electrons. The van der Waals surface area contributed by atoms with Gasteiger partial charge in [0, 0.05) is 0 Å². The summed E-state index contributed by atoms with van der Waals surface area (Å²) >= 11 is 0. The molecule has 10 heavy (non-hydrogen) atoms. The molecule has 0 bridgehead atoms. The molecule has 0 aliphatic heterocycles. The largest absolute Gasteiger partial charge is 0.399 e. The molecule has 0 fully saturated rings. The third kappa shape index (κ3) is 7.21. The lowest BCUT2D eigenvalue weighted by atomic mass is 10.2. The summed E-state index contributed by atoms with van der Waals surface area (Å²) < 4.78 is 0. The molecule has 0 spiro atoms. The molecule has 0 amide bonds. The zero-order chi connectivity index (χ0) is 7.66. The first-order valence-corrected chi connectivity index (χ1v) is 3.42. The molecule has 0 aromatic rings. The molecule has 0 atom stereocenters. The molecule has 0 rings (SSSR count). The Balaban J connectivity index is 3.11. The van der Waals surface area contributed by atoms with Crippen LogP contribution < -0.4 is 0 Å². The van der Waals surface area contributed by atoms with Crippen LogP contribution in [0.5, 0.6) is 0 Å². The van der Waals surface area contributed by atoms with Crippen molar-refractivity contribution in [2.75, 3.05) is 7.11 Å². The van der Waals surface area contributed by atoms with Crippen molar-refractivity contribution < 1.29 is 4.84 Å². The molecule has 2 heteroatoms. The molecule has 0 heterocycles. The average Bonchev–Trinajstić information content (AvgIpc) is 1.97. The maximum absolute atomic E-state index is 4.45. The molecule has 0 saturated heterocycles. The summed E-state index contributed by atoms with van der Waals surface area (Å²) in [7, 11) is 1.53. The van der Waals surface area contributed by atoms with Gasteiger partial charge in [-0.15, -0.1) is 0 Å². The average molecular weight is 140 g/mol. The Bertz CT molecular complexity index is 108. The fourth-order valence-electron chi connectivity index (χ4n) is 0.515. The van der Waals surface area contributed by atoms with Crippen LogP contribution in [0, 0.1) is 6.92 Å². The fourth-order valence-corrected chi connectivity index (χ4v) is 0.515. The standard InChI is InChI=1S/C8H14NO/c1-3-4-5-6-7-8-9-10-2/h6-8H,1,3-5H2,2H3. The summed E-state index contributed by atoms with van der Waals surface area (Å²) in [5, 5.41) is 3.54. The molecule has 0 aliphatic carbocycles. The first-order chi connectivity index (χ1) is 4.91. The van der Waals surface area contributed by atoms with Gasteiger partial charge in [0.25, 0.3) is 0 Å². The van der Waals surface area contributed by atoms with Crippen LogP contribution in [0.4, 0.5) is 0 Å². The fraction of sp³-hybridized carbons (Fsp3) is 0.500. The first-order valence-electron chi connectivity index (χ1n) is 3.42. The molecule has 0 saturated carbocycles. The summed E-state index contributed by atoms with van der Waals surface area (Å²) in [6.45, 7) is 3.73. The van der Waals surface area contributed by atoms with Crippen molar-refractivity contribution in [1.82, 2.24) is 0 Å². The minimum absolute atomic E-state index is 0.992. The van der Waals surface area contributed by atoms with Crippen LogP contribution in [-0.4, -0.2) is 13.3 Å². The summed E-state index contributed by atoms with van der Waals surface area (Å²) in [4.78, 5) is 4.45. The number of nitrogens with zero attached hydrogens (tertiary/aromatic N) is 1. The van der Waals surface area contributed by atoms with Gasteiger partial charge >= 0.3 is 0 Å². The van der Waals surface area contributed by atoms with Gasteiger partial charge in [0.2, 0.25) is 0 Å². The molecule has 0 aliphatic rings. The van der Waals surface area contributed by atoms with Gasteiger partial charge in [-0.3, -0.25) is 0 Å². The number of rotatable bonds is 5. The maximum atomic E-state index is 4.45. The van der Waals surface area contributed by atoms with E-state index in [0.29, 0.717) is 0 Å². The topological polar surface area (TPSA) is 21.6 Å². The lowest BCUT2D eigenvalue weighted by Crippen LogP contribution is -1.70. The van der Waals surface area contributed by atoms with Crippen LogP contribution in [0.25, 0.3) is 0 Å². The van der Waals surface area contributed by atoms with Crippen molar-refractivity contribution in [2.24, 2.45) is 5.16 Å². The number of allylic oxidation sites excluding steroid dienone is 2. The third-order valence-corrected chi connectivity index (χ3v) is 1.01. The van der Waals surface area contributed by atoms with E-state index in [9.17, 15) is 0 Å². The number of hydrogen-bond donors (Lipinski definition) is 0. The Labute approximate surface area is 62.6 Å². The molecule has 57 valence electrons. The van der Waals surface area contributed by atoms with E-state index < -0.39 is 0 Å². The Morgan fingerprint density at radius 1 is 1.60 bits per heavy atom. The normalized spacial score (nSPS) is 11.4. The summed E-state index contributed by atoms with van der Waals surface area (Å²) in [5.41, 5.74) is 0. The van der Waals surface area contributed by atoms with Crippen LogP contribution in [0.3, 0.4) is 0 Å². The van der Waals surface area contributed by atoms with Crippen LogP contribution in [-0.2, 0) is 4.84 Å². The van der Waals surface area contributed by atoms with Crippen molar-refractivity contribution in [1.29, 1.82) is 0 Å². The molecule has 0 unspecified atom stereocenters.